The molecule has 132 valence electrons. The first-order chi connectivity index (χ1) is 12.6. The van der Waals surface area contributed by atoms with Crippen molar-refractivity contribution in [1.29, 1.82) is 0 Å². The second kappa shape index (κ2) is 8.30. The predicted molar refractivity (Wildman–Crippen MR) is 107 cm³/mol. The van der Waals surface area contributed by atoms with Crippen molar-refractivity contribution in [3.8, 4) is 0 Å². The molecule has 2 N–H and O–H groups in total. The molecule has 0 aliphatic rings. The third-order valence-corrected chi connectivity index (χ3v) is 4.07. The van der Waals surface area contributed by atoms with Crippen molar-refractivity contribution in [2.24, 2.45) is 0 Å². The van der Waals surface area contributed by atoms with Gasteiger partial charge in [0, 0.05) is 24.6 Å². The smallest absolute Gasteiger partial charge is 0.257 e. The maximum atomic E-state index is 12.5. The Kier molecular flexibility index (Phi) is 5.64. The van der Waals surface area contributed by atoms with Crippen LogP contribution in [0.1, 0.15) is 27.0 Å². The molecular weight excluding hydrogens is 322 g/mol. The van der Waals surface area contributed by atoms with Gasteiger partial charge in [-0.15, -0.1) is 0 Å². The summed E-state index contributed by atoms with van der Waals surface area (Å²) in [6.45, 7) is 4.82. The molecule has 0 aliphatic carbocycles. The normalized spacial score (nSPS) is 10.4. The molecule has 4 nitrogen and oxygen atoms in total. The van der Waals surface area contributed by atoms with Gasteiger partial charge in [0.25, 0.3) is 5.91 Å². The van der Waals surface area contributed by atoms with Gasteiger partial charge in [-0.1, -0.05) is 36.4 Å². The standard InChI is InChI=1S/C22H23N3O/c1-16-10-17(2)12-20(11-16)25-22(26)19-13-21(15-23-14-19)24-9-8-18-6-4-3-5-7-18/h3-7,10-15,24H,8-9H2,1-2H3,(H,25,26). The number of anilines is 2. The highest BCUT2D eigenvalue weighted by Gasteiger charge is 2.08. The quantitative estimate of drug-likeness (QED) is 0.686. The van der Waals surface area contributed by atoms with Crippen LogP contribution in [0.15, 0.2) is 67.0 Å². The summed E-state index contributed by atoms with van der Waals surface area (Å²) < 4.78 is 0. The van der Waals surface area contributed by atoms with Crippen LogP contribution in [0.2, 0.25) is 0 Å². The molecular formula is C22H23N3O. The zero-order valence-corrected chi connectivity index (χ0v) is 15.1. The van der Waals surface area contributed by atoms with Crippen molar-refractivity contribution in [2.45, 2.75) is 20.3 Å². The SMILES string of the molecule is Cc1cc(C)cc(NC(=O)c2cncc(NCCc3ccccc3)c2)c1. The number of amides is 1. The van der Waals surface area contributed by atoms with Gasteiger partial charge in [-0.25, -0.2) is 0 Å². The van der Waals surface area contributed by atoms with Crippen LogP contribution in [-0.4, -0.2) is 17.4 Å². The number of carbonyl (C=O) groups excluding carboxylic acids is 1. The minimum atomic E-state index is -0.158. The molecule has 26 heavy (non-hydrogen) atoms. The Hall–Kier alpha value is -3.14. The van der Waals surface area contributed by atoms with Crippen LogP contribution in [0.5, 0.6) is 0 Å². The molecule has 0 aliphatic heterocycles. The predicted octanol–water partition coefficient (Wildman–Crippen LogP) is 4.61. The number of pyridine rings is 1. The Balaban J connectivity index is 1.61. The van der Waals surface area contributed by atoms with Gasteiger partial charge in [0.15, 0.2) is 0 Å². The van der Waals surface area contributed by atoms with Gasteiger partial charge in [0.05, 0.1) is 11.3 Å². The molecule has 0 unspecified atom stereocenters. The molecule has 2 aromatic carbocycles. The molecule has 0 radical (unpaired) electrons. The molecule has 1 heterocycles. The topological polar surface area (TPSA) is 54.0 Å². The third-order valence-electron chi connectivity index (χ3n) is 4.07. The minimum Gasteiger partial charge on any atom is -0.383 e. The number of rotatable bonds is 6. The number of aromatic nitrogens is 1. The van der Waals surface area contributed by atoms with E-state index in [1.807, 2.05) is 50.2 Å². The van der Waals surface area contributed by atoms with Crippen LogP contribution in [0.3, 0.4) is 0 Å². The number of hydrogen-bond donors (Lipinski definition) is 2. The summed E-state index contributed by atoms with van der Waals surface area (Å²) in [7, 11) is 0. The van der Waals surface area contributed by atoms with Crippen LogP contribution in [0, 0.1) is 13.8 Å². The van der Waals surface area contributed by atoms with Crippen LogP contribution >= 0.6 is 0 Å². The van der Waals surface area contributed by atoms with Crippen molar-refractivity contribution in [1.82, 2.24) is 4.98 Å². The fraction of sp³-hybridized carbons (Fsp3) is 0.182. The lowest BCUT2D eigenvalue weighted by Crippen LogP contribution is -2.13. The molecule has 0 saturated heterocycles. The molecule has 0 bridgehead atoms. The first-order valence-corrected chi connectivity index (χ1v) is 8.73. The average Bonchev–Trinajstić information content (AvgIpc) is 2.62. The highest BCUT2D eigenvalue weighted by Crippen LogP contribution is 2.16. The highest BCUT2D eigenvalue weighted by molar-refractivity contribution is 6.04. The third kappa shape index (κ3) is 4.93. The molecule has 0 saturated carbocycles. The monoisotopic (exact) mass is 345 g/mol. The summed E-state index contributed by atoms with van der Waals surface area (Å²) in [6, 6.07) is 18.1. The van der Waals surface area contributed by atoms with Gasteiger partial charge in [0.1, 0.15) is 0 Å². The largest absolute Gasteiger partial charge is 0.383 e. The number of nitrogens with one attached hydrogen (secondary N) is 2. The van der Waals surface area contributed by atoms with Gasteiger partial charge in [0.2, 0.25) is 0 Å². The summed E-state index contributed by atoms with van der Waals surface area (Å²) in [5.41, 5.74) is 5.69. The van der Waals surface area contributed by atoms with E-state index >= 15 is 0 Å². The van der Waals surface area contributed by atoms with E-state index in [-0.39, 0.29) is 5.91 Å². The van der Waals surface area contributed by atoms with Crippen LogP contribution in [0.4, 0.5) is 11.4 Å². The van der Waals surface area contributed by atoms with Crippen molar-refractivity contribution in [3.63, 3.8) is 0 Å². The lowest BCUT2D eigenvalue weighted by Gasteiger charge is -2.10. The number of benzene rings is 2. The maximum absolute atomic E-state index is 12.5. The number of nitrogens with zero attached hydrogens (tertiary/aromatic N) is 1. The van der Waals surface area contributed by atoms with Crippen molar-refractivity contribution in [2.75, 3.05) is 17.2 Å². The summed E-state index contributed by atoms with van der Waals surface area (Å²) in [6.07, 6.45) is 4.23. The number of carbonyl (C=O) groups is 1. The molecule has 0 spiro atoms. The van der Waals surface area contributed by atoms with Crippen molar-refractivity contribution >= 4 is 17.3 Å². The van der Waals surface area contributed by atoms with Gasteiger partial charge < -0.3 is 10.6 Å². The molecule has 4 heteroatoms. The van der Waals surface area contributed by atoms with Gasteiger partial charge in [-0.05, 0) is 55.2 Å². The van der Waals surface area contributed by atoms with Crippen LogP contribution in [-0.2, 0) is 6.42 Å². The van der Waals surface area contributed by atoms with E-state index in [4.69, 9.17) is 0 Å². The van der Waals surface area contributed by atoms with Crippen LogP contribution in [0.25, 0.3) is 0 Å². The van der Waals surface area contributed by atoms with Gasteiger partial charge in [-0.3, -0.25) is 9.78 Å². The Morgan fingerprint density at radius 3 is 2.38 bits per heavy atom. The zero-order chi connectivity index (χ0) is 18.4. The Bertz CT molecular complexity index is 871. The second-order valence-corrected chi connectivity index (χ2v) is 6.46. The van der Waals surface area contributed by atoms with Crippen molar-refractivity contribution in [3.05, 3.63) is 89.2 Å². The molecule has 1 aromatic heterocycles. The minimum absolute atomic E-state index is 0.158. The van der Waals surface area contributed by atoms with E-state index in [9.17, 15) is 4.79 Å². The first-order valence-electron chi connectivity index (χ1n) is 8.73. The van der Waals surface area contributed by atoms with Gasteiger partial charge in [-0.2, -0.15) is 0 Å². The summed E-state index contributed by atoms with van der Waals surface area (Å²) in [5.74, 6) is -0.158. The lowest BCUT2D eigenvalue weighted by molar-refractivity contribution is 0.102. The zero-order valence-electron chi connectivity index (χ0n) is 15.1. The van der Waals surface area contributed by atoms with Crippen molar-refractivity contribution < 1.29 is 4.79 Å². The number of aryl methyl sites for hydroxylation is 2. The molecule has 0 atom stereocenters. The average molecular weight is 345 g/mol. The molecule has 3 rings (SSSR count). The highest BCUT2D eigenvalue weighted by atomic mass is 16.1. The van der Waals surface area contributed by atoms with Crippen LogP contribution < -0.4 is 10.6 Å². The maximum Gasteiger partial charge on any atom is 0.257 e. The van der Waals surface area contributed by atoms with E-state index in [2.05, 4.69) is 33.8 Å². The summed E-state index contributed by atoms with van der Waals surface area (Å²) in [5, 5.41) is 6.27. The fourth-order valence-corrected chi connectivity index (χ4v) is 2.91. The first kappa shape index (κ1) is 17.7. The van der Waals surface area contributed by atoms with E-state index in [0.717, 1.165) is 35.5 Å². The molecule has 3 aromatic rings. The fourth-order valence-electron chi connectivity index (χ4n) is 2.91. The van der Waals surface area contributed by atoms with E-state index in [0.29, 0.717) is 5.56 Å². The number of hydrogen-bond acceptors (Lipinski definition) is 3. The Morgan fingerprint density at radius 1 is 0.923 bits per heavy atom. The Morgan fingerprint density at radius 2 is 1.65 bits per heavy atom. The Labute approximate surface area is 154 Å². The van der Waals surface area contributed by atoms with E-state index < -0.39 is 0 Å². The second-order valence-electron chi connectivity index (χ2n) is 6.46. The summed E-state index contributed by atoms with van der Waals surface area (Å²) in [4.78, 5) is 16.7. The van der Waals surface area contributed by atoms with Gasteiger partial charge >= 0.3 is 0 Å². The lowest BCUT2D eigenvalue weighted by atomic mass is 10.1. The molecule has 0 fully saturated rings. The molecule has 1 amide bonds. The van der Waals surface area contributed by atoms with E-state index in [1.165, 1.54) is 5.56 Å². The summed E-state index contributed by atoms with van der Waals surface area (Å²) >= 11 is 0. The van der Waals surface area contributed by atoms with E-state index in [1.54, 1.807) is 12.4 Å².